The van der Waals surface area contributed by atoms with E-state index in [4.69, 9.17) is 5.73 Å². The van der Waals surface area contributed by atoms with Gasteiger partial charge in [0.2, 0.25) is 0 Å². The predicted octanol–water partition coefficient (Wildman–Crippen LogP) is 7.12. The quantitative estimate of drug-likeness (QED) is 0.191. The number of carbonyl (C=O) groups excluding carboxylic acids is 2. The number of halogens is 6. The zero-order chi connectivity index (χ0) is 31.3. The van der Waals surface area contributed by atoms with Crippen LogP contribution in [0.5, 0.6) is 0 Å². The van der Waals surface area contributed by atoms with Gasteiger partial charge in [0.05, 0.1) is 11.4 Å². The summed E-state index contributed by atoms with van der Waals surface area (Å²) in [4.78, 5) is 33.7. The highest BCUT2D eigenvalue weighted by molar-refractivity contribution is 7.21. The first-order valence-corrected chi connectivity index (χ1v) is 13.4. The number of amides is 2. The van der Waals surface area contributed by atoms with Crippen molar-refractivity contribution < 1.29 is 35.9 Å². The standard InChI is InChI=1S/C29H16F6N6O2S/c30-15-8-6-14(7-9-15)17-11-20(29(33,34)35)41-21(37-17)12-19(40-41)27(43)39-23-22-16(13-4-2-1-3-5-13)10-18(25(31)32)38-28(22)44-24(23)26(36)42/h1-12,25H,(H2,36,42)(H,39,43). The lowest BCUT2D eigenvalue weighted by atomic mass is 10.0. The summed E-state index contributed by atoms with van der Waals surface area (Å²) in [5.74, 6) is -2.63. The maximum Gasteiger partial charge on any atom is 0.433 e. The number of benzene rings is 2. The fraction of sp³-hybridized carbons (Fsp3) is 0.0690. The maximum atomic E-state index is 14.0. The minimum absolute atomic E-state index is 0.0225. The number of carbonyl (C=O) groups is 2. The van der Waals surface area contributed by atoms with Gasteiger partial charge >= 0.3 is 6.18 Å². The van der Waals surface area contributed by atoms with E-state index in [9.17, 15) is 35.9 Å². The summed E-state index contributed by atoms with van der Waals surface area (Å²) in [7, 11) is 0. The van der Waals surface area contributed by atoms with Crippen LogP contribution in [-0.4, -0.2) is 31.4 Å². The molecule has 0 saturated carbocycles. The zero-order valence-electron chi connectivity index (χ0n) is 21.9. The Kier molecular flexibility index (Phi) is 7.04. The first-order chi connectivity index (χ1) is 20.9. The Balaban J connectivity index is 1.49. The smallest absolute Gasteiger partial charge is 0.365 e. The van der Waals surface area contributed by atoms with Gasteiger partial charge in [0, 0.05) is 17.0 Å². The molecule has 0 saturated heterocycles. The highest BCUT2D eigenvalue weighted by Crippen LogP contribution is 2.42. The summed E-state index contributed by atoms with van der Waals surface area (Å²) < 4.78 is 83.4. The highest BCUT2D eigenvalue weighted by Gasteiger charge is 2.36. The molecule has 3 N–H and O–H groups in total. The summed E-state index contributed by atoms with van der Waals surface area (Å²) in [6, 6.07) is 15.7. The number of fused-ring (bicyclic) bond motifs is 2. The third-order valence-electron chi connectivity index (χ3n) is 6.54. The largest absolute Gasteiger partial charge is 0.433 e. The topological polar surface area (TPSA) is 115 Å². The summed E-state index contributed by atoms with van der Waals surface area (Å²) in [5.41, 5.74) is 3.43. The lowest BCUT2D eigenvalue weighted by Gasteiger charge is -2.11. The summed E-state index contributed by atoms with van der Waals surface area (Å²) >= 11 is 0.674. The van der Waals surface area contributed by atoms with Crippen molar-refractivity contribution in [3.05, 3.63) is 101 Å². The first kappa shape index (κ1) is 28.8. The van der Waals surface area contributed by atoms with Gasteiger partial charge in [0.15, 0.2) is 17.0 Å². The van der Waals surface area contributed by atoms with Crippen molar-refractivity contribution in [2.75, 3.05) is 5.32 Å². The fourth-order valence-corrected chi connectivity index (χ4v) is 5.62. The molecule has 2 amide bonds. The number of nitrogens with two attached hydrogens (primary N) is 1. The van der Waals surface area contributed by atoms with Crippen LogP contribution >= 0.6 is 11.3 Å². The molecule has 0 spiro atoms. The number of thiophene rings is 1. The molecule has 0 aliphatic carbocycles. The number of rotatable bonds is 6. The Morgan fingerprint density at radius 3 is 2.27 bits per heavy atom. The molecule has 6 rings (SSSR count). The number of hydrogen-bond acceptors (Lipinski definition) is 6. The molecule has 222 valence electrons. The van der Waals surface area contributed by atoms with E-state index in [1.54, 1.807) is 30.3 Å². The molecule has 0 radical (unpaired) electrons. The number of hydrogen-bond donors (Lipinski definition) is 2. The van der Waals surface area contributed by atoms with Gasteiger partial charge in [-0.25, -0.2) is 27.7 Å². The van der Waals surface area contributed by atoms with E-state index in [-0.39, 0.29) is 43.2 Å². The van der Waals surface area contributed by atoms with Crippen molar-refractivity contribution in [1.82, 2.24) is 19.6 Å². The minimum Gasteiger partial charge on any atom is -0.365 e. The number of aromatic nitrogens is 4. The molecule has 0 unspecified atom stereocenters. The van der Waals surface area contributed by atoms with E-state index in [0.29, 0.717) is 27.5 Å². The molecule has 44 heavy (non-hydrogen) atoms. The van der Waals surface area contributed by atoms with Crippen LogP contribution in [0.4, 0.5) is 32.0 Å². The first-order valence-electron chi connectivity index (χ1n) is 12.6. The fourth-order valence-electron chi connectivity index (χ4n) is 4.60. The minimum atomic E-state index is -4.92. The second-order valence-electron chi connectivity index (χ2n) is 9.40. The van der Waals surface area contributed by atoms with Crippen molar-refractivity contribution in [2.45, 2.75) is 12.6 Å². The van der Waals surface area contributed by atoms with Gasteiger partial charge < -0.3 is 11.1 Å². The van der Waals surface area contributed by atoms with Crippen LogP contribution in [0, 0.1) is 5.82 Å². The van der Waals surface area contributed by atoms with Crippen molar-refractivity contribution in [3.8, 4) is 22.4 Å². The van der Waals surface area contributed by atoms with E-state index in [1.165, 1.54) is 12.1 Å². The van der Waals surface area contributed by atoms with E-state index < -0.39 is 47.3 Å². The monoisotopic (exact) mass is 626 g/mol. The zero-order valence-corrected chi connectivity index (χ0v) is 22.7. The molecular weight excluding hydrogens is 610 g/mol. The van der Waals surface area contributed by atoms with Gasteiger partial charge in [-0.1, -0.05) is 30.3 Å². The van der Waals surface area contributed by atoms with E-state index in [2.05, 4.69) is 20.4 Å². The Morgan fingerprint density at radius 1 is 0.932 bits per heavy atom. The molecule has 15 heteroatoms. The van der Waals surface area contributed by atoms with Crippen LogP contribution < -0.4 is 11.1 Å². The van der Waals surface area contributed by atoms with Gasteiger partial charge in [-0.05, 0) is 47.5 Å². The molecule has 4 heterocycles. The van der Waals surface area contributed by atoms with Crippen molar-refractivity contribution >= 4 is 44.7 Å². The average Bonchev–Trinajstić information content (AvgIpc) is 3.58. The van der Waals surface area contributed by atoms with Gasteiger partial charge in [0.25, 0.3) is 18.2 Å². The highest BCUT2D eigenvalue weighted by atomic mass is 32.1. The second-order valence-corrected chi connectivity index (χ2v) is 10.4. The van der Waals surface area contributed by atoms with Crippen LogP contribution in [0.1, 0.15) is 38.0 Å². The van der Waals surface area contributed by atoms with E-state index in [1.807, 2.05) is 0 Å². The molecule has 0 aliphatic rings. The molecule has 6 aromatic rings. The second kappa shape index (κ2) is 10.8. The van der Waals surface area contributed by atoms with E-state index >= 15 is 0 Å². The van der Waals surface area contributed by atoms with Crippen molar-refractivity contribution in [1.29, 1.82) is 0 Å². The Bertz CT molecular complexity index is 2070. The Hall–Kier alpha value is -5.31. The third kappa shape index (κ3) is 5.21. The number of anilines is 1. The average molecular weight is 627 g/mol. The Labute approximate surface area is 246 Å². The van der Waals surface area contributed by atoms with Gasteiger partial charge in [0.1, 0.15) is 21.2 Å². The summed E-state index contributed by atoms with van der Waals surface area (Å²) in [6.07, 6.45) is -7.87. The Morgan fingerprint density at radius 2 is 1.64 bits per heavy atom. The van der Waals surface area contributed by atoms with Crippen LogP contribution in [-0.2, 0) is 6.18 Å². The van der Waals surface area contributed by atoms with Crippen LogP contribution in [0.25, 0.3) is 38.2 Å². The van der Waals surface area contributed by atoms with Crippen molar-refractivity contribution in [2.24, 2.45) is 5.73 Å². The SMILES string of the molecule is NC(=O)c1sc2nc(C(F)F)cc(-c3ccccc3)c2c1NC(=O)c1cc2nc(-c3ccc(F)cc3)cc(C(F)(F)F)n2n1. The maximum absolute atomic E-state index is 14.0. The number of primary amides is 1. The van der Waals surface area contributed by atoms with E-state index in [0.717, 1.165) is 24.3 Å². The number of alkyl halides is 5. The van der Waals surface area contributed by atoms with Crippen molar-refractivity contribution in [3.63, 3.8) is 0 Å². The van der Waals surface area contributed by atoms with Crippen LogP contribution in [0.15, 0.2) is 72.8 Å². The van der Waals surface area contributed by atoms with Gasteiger partial charge in [-0.3, -0.25) is 9.59 Å². The predicted molar refractivity (Wildman–Crippen MR) is 150 cm³/mol. The van der Waals surface area contributed by atoms with Gasteiger partial charge in [-0.2, -0.15) is 18.3 Å². The molecule has 0 atom stereocenters. The lowest BCUT2D eigenvalue weighted by molar-refractivity contribution is -0.142. The molecule has 8 nitrogen and oxygen atoms in total. The number of nitrogens with zero attached hydrogens (tertiary/aromatic N) is 4. The van der Waals surface area contributed by atoms with Crippen LogP contribution in [0.2, 0.25) is 0 Å². The summed E-state index contributed by atoms with van der Waals surface area (Å²) in [5, 5.41) is 6.42. The van der Waals surface area contributed by atoms with Crippen LogP contribution in [0.3, 0.4) is 0 Å². The molecular formula is C29H16F6N6O2S. The molecule has 0 bridgehead atoms. The molecule has 4 aromatic heterocycles. The normalized spacial score (nSPS) is 11.9. The lowest BCUT2D eigenvalue weighted by Crippen LogP contribution is -2.18. The number of nitrogens with one attached hydrogen (secondary N) is 1. The molecule has 2 aromatic carbocycles. The summed E-state index contributed by atoms with van der Waals surface area (Å²) in [6.45, 7) is 0. The molecule has 0 aliphatic heterocycles. The third-order valence-corrected chi connectivity index (χ3v) is 7.64. The number of pyridine rings is 1. The molecule has 0 fully saturated rings. The van der Waals surface area contributed by atoms with Gasteiger partial charge in [-0.15, -0.1) is 11.3 Å².